The zero-order valence-corrected chi connectivity index (χ0v) is 10.7. The lowest BCUT2D eigenvalue weighted by molar-refractivity contribution is 0.821. The molecule has 17 heavy (non-hydrogen) atoms. The quantitative estimate of drug-likeness (QED) is 0.861. The van der Waals surface area contributed by atoms with Crippen molar-refractivity contribution in [3.8, 4) is 0 Å². The Bertz CT molecular complexity index is 597. The van der Waals surface area contributed by atoms with Gasteiger partial charge in [0.25, 0.3) is 0 Å². The largest absolute Gasteiger partial charge is 0.321 e. The van der Waals surface area contributed by atoms with Crippen molar-refractivity contribution in [2.45, 2.75) is 39.5 Å². The van der Waals surface area contributed by atoms with Crippen molar-refractivity contribution >= 4 is 11.0 Å². The number of fused-ring (bicyclic) bond motifs is 1. The maximum Gasteiger partial charge on any atom is 0.248 e. The summed E-state index contributed by atoms with van der Waals surface area (Å²) >= 11 is 0. The van der Waals surface area contributed by atoms with E-state index in [0.29, 0.717) is 11.8 Å². The van der Waals surface area contributed by atoms with Crippen LogP contribution >= 0.6 is 0 Å². The Morgan fingerprint density at radius 2 is 1.82 bits per heavy atom. The maximum atomic E-state index is 11.5. The second-order valence-electron chi connectivity index (χ2n) is 5.03. The summed E-state index contributed by atoms with van der Waals surface area (Å²) in [5.41, 5.74) is 3.77. The predicted molar refractivity (Wildman–Crippen MR) is 70.5 cm³/mol. The molecule has 2 aromatic heterocycles. The average Bonchev–Trinajstić information content (AvgIpc) is 2.26. The van der Waals surface area contributed by atoms with E-state index in [1.54, 1.807) is 6.07 Å². The van der Waals surface area contributed by atoms with Crippen LogP contribution in [0.25, 0.3) is 11.0 Å². The number of H-pyrrole nitrogens is 1. The van der Waals surface area contributed by atoms with Gasteiger partial charge in [0.15, 0.2) is 0 Å². The molecule has 0 amide bonds. The third kappa shape index (κ3) is 2.23. The Morgan fingerprint density at radius 3 is 2.41 bits per heavy atom. The van der Waals surface area contributed by atoms with E-state index in [1.165, 1.54) is 0 Å². The molecule has 0 aliphatic heterocycles. The molecular weight excluding hydrogens is 212 g/mol. The first-order chi connectivity index (χ1) is 7.99. The molecule has 0 saturated carbocycles. The Labute approximate surface area is 101 Å². The number of hydrogen-bond donors (Lipinski definition) is 1. The smallest absolute Gasteiger partial charge is 0.248 e. The fourth-order valence-electron chi connectivity index (χ4n) is 1.94. The van der Waals surface area contributed by atoms with E-state index in [0.717, 1.165) is 22.3 Å². The molecule has 2 rings (SSSR count). The van der Waals surface area contributed by atoms with Crippen LogP contribution < -0.4 is 5.56 Å². The highest BCUT2D eigenvalue weighted by Gasteiger charge is 2.10. The third-order valence-electron chi connectivity index (χ3n) is 2.95. The first kappa shape index (κ1) is 11.8. The fourth-order valence-corrected chi connectivity index (χ4v) is 1.94. The Kier molecular flexibility index (Phi) is 3.01. The first-order valence-electron chi connectivity index (χ1n) is 6.03. The van der Waals surface area contributed by atoms with Gasteiger partial charge in [0.2, 0.25) is 5.56 Å². The topological polar surface area (TPSA) is 45.8 Å². The number of rotatable bonds is 2. The van der Waals surface area contributed by atoms with E-state index in [-0.39, 0.29) is 5.56 Å². The van der Waals surface area contributed by atoms with E-state index in [2.05, 4.69) is 37.7 Å². The van der Waals surface area contributed by atoms with Gasteiger partial charge < -0.3 is 4.98 Å². The minimum absolute atomic E-state index is 0.0553. The van der Waals surface area contributed by atoms with Gasteiger partial charge in [0, 0.05) is 11.8 Å². The summed E-state index contributed by atoms with van der Waals surface area (Å²) in [4.78, 5) is 19.0. The summed E-state index contributed by atoms with van der Waals surface area (Å²) in [7, 11) is 0. The number of aromatic amines is 1. The molecule has 0 unspecified atom stereocenters. The average molecular weight is 230 g/mol. The van der Waals surface area contributed by atoms with Crippen molar-refractivity contribution in [2.24, 2.45) is 0 Å². The lowest BCUT2D eigenvalue weighted by Gasteiger charge is -2.11. The highest BCUT2D eigenvalue weighted by atomic mass is 16.1. The number of nitrogens with zero attached hydrogens (tertiary/aromatic N) is 1. The molecular formula is C14H18N2O. The SMILES string of the molecule is CC(C)c1ccc2[nH]c(=O)cc(C(C)C)c2n1. The number of pyridine rings is 2. The van der Waals surface area contributed by atoms with E-state index in [4.69, 9.17) is 0 Å². The second-order valence-corrected chi connectivity index (χ2v) is 5.03. The van der Waals surface area contributed by atoms with Crippen LogP contribution in [0.3, 0.4) is 0 Å². The van der Waals surface area contributed by atoms with Crippen LogP contribution in [0.5, 0.6) is 0 Å². The van der Waals surface area contributed by atoms with Gasteiger partial charge in [-0.15, -0.1) is 0 Å². The maximum absolute atomic E-state index is 11.5. The van der Waals surface area contributed by atoms with Crippen molar-refractivity contribution in [3.63, 3.8) is 0 Å². The van der Waals surface area contributed by atoms with Crippen molar-refractivity contribution < 1.29 is 0 Å². The normalized spacial score (nSPS) is 11.6. The summed E-state index contributed by atoms with van der Waals surface area (Å²) in [5.74, 6) is 0.695. The molecule has 0 radical (unpaired) electrons. The molecule has 3 nitrogen and oxygen atoms in total. The molecule has 90 valence electrons. The van der Waals surface area contributed by atoms with Crippen LogP contribution in [0.15, 0.2) is 23.0 Å². The van der Waals surface area contributed by atoms with E-state index >= 15 is 0 Å². The van der Waals surface area contributed by atoms with Gasteiger partial charge in [-0.05, 0) is 29.5 Å². The molecule has 0 bridgehead atoms. The standard InChI is InChI=1S/C14H18N2O/c1-8(2)10-7-13(17)15-12-6-5-11(9(3)4)16-14(10)12/h5-9H,1-4H3,(H,15,17). The predicted octanol–water partition coefficient (Wildman–Crippen LogP) is 3.17. The van der Waals surface area contributed by atoms with Gasteiger partial charge in [-0.25, -0.2) is 0 Å². The molecule has 3 heteroatoms. The van der Waals surface area contributed by atoms with Crippen molar-refractivity contribution in [2.75, 3.05) is 0 Å². The molecule has 0 spiro atoms. The lowest BCUT2D eigenvalue weighted by Crippen LogP contribution is -2.09. The summed E-state index contributed by atoms with van der Waals surface area (Å²) in [5, 5.41) is 0. The molecule has 0 aromatic carbocycles. The van der Waals surface area contributed by atoms with Crippen molar-refractivity contribution in [3.05, 3.63) is 39.8 Å². The molecule has 0 saturated heterocycles. The minimum atomic E-state index is -0.0553. The van der Waals surface area contributed by atoms with E-state index in [9.17, 15) is 4.79 Å². The Morgan fingerprint density at radius 1 is 1.12 bits per heavy atom. The third-order valence-corrected chi connectivity index (χ3v) is 2.95. The minimum Gasteiger partial charge on any atom is -0.321 e. The summed E-state index contributed by atoms with van der Waals surface area (Å²) in [6, 6.07) is 5.59. The van der Waals surface area contributed by atoms with Crippen LogP contribution in [-0.4, -0.2) is 9.97 Å². The summed E-state index contributed by atoms with van der Waals surface area (Å²) in [6.07, 6.45) is 0. The molecule has 0 aliphatic rings. The van der Waals surface area contributed by atoms with Crippen LogP contribution in [0.1, 0.15) is 50.8 Å². The fraction of sp³-hybridized carbons (Fsp3) is 0.429. The first-order valence-corrected chi connectivity index (χ1v) is 6.03. The molecule has 0 aliphatic carbocycles. The number of hydrogen-bond acceptors (Lipinski definition) is 2. The summed E-state index contributed by atoms with van der Waals surface area (Å²) < 4.78 is 0. The number of aromatic nitrogens is 2. The van der Waals surface area contributed by atoms with E-state index in [1.807, 2.05) is 12.1 Å². The van der Waals surface area contributed by atoms with Crippen LogP contribution in [0.4, 0.5) is 0 Å². The van der Waals surface area contributed by atoms with Gasteiger partial charge in [-0.2, -0.15) is 0 Å². The van der Waals surface area contributed by atoms with Gasteiger partial charge in [-0.1, -0.05) is 27.7 Å². The van der Waals surface area contributed by atoms with Crippen LogP contribution in [-0.2, 0) is 0 Å². The van der Waals surface area contributed by atoms with E-state index < -0.39 is 0 Å². The zero-order chi connectivity index (χ0) is 12.6. The molecule has 0 fully saturated rings. The zero-order valence-electron chi connectivity index (χ0n) is 10.7. The van der Waals surface area contributed by atoms with Gasteiger partial charge in [0.05, 0.1) is 11.0 Å². The number of nitrogens with one attached hydrogen (secondary N) is 1. The Hall–Kier alpha value is -1.64. The van der Waals surface area contributed by atoms with Crippen molar-refractivity contribution in [1.82, 2.24) is 9.97 Å². The Balaban J connectivity index is 2.78. The molecule has 2 aromatic rings. The van der Waals surface area contributed by atoms with Gasteiger partial charge in [-0.3, -0.25) is 9.78 Å². The molecule has 2 heterocycles. The van der Waals surface area contributed by atoms with Gasteiger partial charge >= 0.3 is 0 Å². The van der Waals surface area contributed by atoms with Gasteiger partial charge in [0.1, 0.15) is 0 Å². The van der Waals surface area contributed by atoms with Crippen molar-refractivity contribution in [1.29, 1.82) is 0 Å². The van der Waals surface area contributed by atoms with Crippen LogP contribution in [0.2, 0.25) is 0 Å². The highest BCUT2D eigenvalue weighted by Crippen LogP contribution is 2.23. The second kappa shape index (κ2) is 4.32. The highest BCUT2D eigenvalue weighted by molar-refractivity contribution is 5.78. The summed E-state index contributed by atoms with van der Waals surface area (Å²) in [6.45, 7) is 8.40. The molecule has 1 N–H and O–H groups in total. The molecule has 0 atom stereocenters. The monoisotopic (exact) mass is 230 g/mol. The van der Waals surface area contributed by atoms with Crippen LogP contribution in [0, 0.1) is 0 Å². The lowest BCUT2D eigenvalue weighted by atomic mass is 10.0.